The van der Waals surface area contributed by atoms with Gasteiger partial charge in [0.05, 0.1) is 6.20 Å². The molecule has 8 nitrogen and oxygen atoms in total. The van der Waals surface area contributed by atoms with Crippen LogP contribution in [0.4, 0.5) is 0 Å². The number of nitrogens with zero attached hydrogens (tertiary/aromatic N) is 4. The second kappa shape index (κ2) is 7.20. The number of hydrogen-bond donors (Lipinski definition) is 2. The van der Waals surface area contributed by atoms with Crippen molar-refractivity contribution in [2.45, 2.75) is 18.6 Å². The van der Waals surface area contributed by atoms with Crippen LogP contribution in [0.25, 0.3) is 0 Å². The fourth-order valence-corrected chi connectivity index (χ4v) is 2.93. The Hall–Kier alpha value is -2.45. The summed E-state index contributed by atoms with van der Waals surface area (Å²) < 4.78 is 5.69. The Labute approximate surface area is 146 Å². The maximum atomic E-state index is 11.7. The van der Waals surface area contributed by atoms with Crippen LogP contribution < -0.4 is 4.74 Å². The number of β-amino-alcohol motifs (C(OH)–C–C–N with tert-alkyl or cyclic N) is 1. The van der Waals surface area contributed by atoms with Crippen molar-refractivity contribution in [2.75, 3.05) is 33.8 Å². The first-order valence-electron chi connectivity index (χ1n) is 8.20. The minimum atomic E-state index is -0.982. The molecule has 8 heteroatoms. The summed E-state index contributed by atoms with van der Waals surface area (Å²) in [6.45, 7) is 1.86. The summed E-state index contributed by atoms with van der Waals surface area (Å²) in [6.07, 6.45) is 2.16. The van der Waals surface area contributed by atoms with Crippen LogP contribution in [-0.2, 0) is 16.9 Å². The van der Waals surface area contributed by atoms with Crippen LogP contribution in [0.3, 0.4) is 0 Å². The number of para-hydroxylation sites is 1. The number of rotatable bonds is 6. The third kappa shape index (κ3) is 3.97. The highest BCUT2D eigenvalue weighted by Gasteiger charge is 2.39. The van der Waals surface area contributed by atoms with E-state index in [1.165, 1.54) is 4.90 Å². The maximum Gasteiger partial charge on any atom is 0.259 e. The molecule has 2 heterocycles. The predicted octanol–water partition coefficient (Wildman–Crippen LogP) is 0.365. The summed E-state index contributed by atoms with van der Waals surface area (Å²) in [7, 11) is 3.40. The number of nitrogens with one attached hydrogen (secondary N) is 1. The predicted molar refractivity (Wildman–Crippen MR) is 90.8 cm³/mol. The SMILES string of the molecule is CN(C)C(=O)COc1ccccc1CN1CCC(O)(c2cn[nH]n2)C1. The molecule has 1 aromatic carbocycles. The highest BCUT2D eigenvalue weighted by molar-refractivity contribution is 5.77. The molecule has 2 aromatic rings. The van der Waals surface area contributed by atoms with E-state index >= 15 is 0 Å². The standard InChI is InChI=1S/C17H23N5O3/c1-21(2)16(23)11-25-14-6-4-3-5-13(14)10-22-8-7-17(24,12-22)15-9-18-20-19-15/h3-6,9,24H,7-8,10-12H2,1-2H3,(H,18,19,20). The normalized spacial score (nSPS) is 20.6. The summed E-state index contributed by atoms with van der Waals surface area (Å²) in [5.74, 6) is 0.603. The molecule has 1 unspecified atom stereocenters. The molecule has 0 saturated carbocycles. The maximum absolute atomic E-state index is 11.7. The van der Waals surface area contributed by atoms with Crippen molar-refractivity contribution in [1.82, 2.24) is 25.2 Å². The van der Waals surface area contributed by atoms with Crippen LogP contribution in [-0.4, -0.2) is 70.0 Å². The van der Waals surface area contributed by atoms with Crippen LogP contribution in [0.5, 0.6) is 5.75 Å². The third-order valence-corrected chi connectivity index (χ3v) is 4.44. The molecule has 0 bridgehead atoms. The van der Waals surface area contributed by atoms with Crippen molar-refractivity contribution < 1.29 is 14.6 Å². The van der Waals surface area contributed by atoms with Crippen LogP contribution in [0.15, 0.2) is 30.5 Å². The molecule has 1 aromatic heterocycles. The zero-order chi connectivity index (χ0) is 17.9. The number of carbonyl (C=O) groups is 1. The molecule has 0 spiro atoms. The number of aliphatic hydroxyl groups is 1. The first kappa shape index (κ1) is 17.4. The molecule has 134 valence electrons. The highest BCUT2D eigenvalue weighted by atomic mass is 16.5. The van der Waals surface area contributed by atoms with Gasteiger partial charge in [-0.15, -0.1) is 0 Å². The first-order chi connectivity index (χ1) is 12.0. The van der Waals surface area contributed by atoms with Crippen LogP contribution in [0.1, 0.15) is 17.7 Å². The second-order valence-corrected chi connectivity index (χ2v) is 6.53. The molecule has 1 atom stereocenters. The molecule has 2 N–H and O–H groups in total. The summed E-state index contributed by atoms with van der Waals surface area (Å²) in [6, 6.07) is 7.66. The summed E-state index contributed by atoms with van der Waals surface area (Å²) in [5.41, 5.74) is 0.568. The largest absolute Gasteiger partial charge is 0.483 e. The number of hydrogen-bond acceptors (Lipinski definition) is 6. The lowest BCUT2D eigenvalue weighted by Gasteiger charge is -2.22. The van der Waals surface area contributed by atoms with Gasteiger partial charge in [-0.05, 0) is 12.5 Å². The van der Waals surface area contributed by atoms with Gasteiger partial charge in [0.1, 0.15) is 17.0 Å². The first-order valence-corrected chi connectivity index (χ1v) is 8.20. The van der Waals surface area contributed by atoms with Crippen molar-refractivity contribution in [3.63, 3.8) is 0 Å². The van der Waals surface area contributed by atoms with Gasteiger partial charge in [-0.3, -0.25) is 9.69 Å². The molecule has 25 heavy (non-hydrogen) atoms. The monoisotopic (exact) mass is 345 g/mol. The van der Waals surface area contributed by atoms with Gasteiger partial charge >= 0.3 is 0 Å². The fraction of sp³-hybridized carbons (Fsp3) is 0.471. The fourth-order valence-electron chi connectivity index (χ4n) is 2.93. The molecule has 1 fully saturated rings. The summed E-state index contributed by atoms with van der Waals surface area (Å²) in [4.78, 5) is 15.4. The van der Waals surface area contributed by atoms with E-state index < -0.39 is 5.60 Å². The quantitative estimate of drug-likeness (QED) is 0.785. The third-order valence-electron chi connectivity index (χ3n) is 4.44. The second-order valence-electron chi connectivity index (χ2n) is 6.53. The van der Waals surface area contributed by atoms with Crippen molar-refractivity contribution in [1.29, 1.82) is 0 Å². The van der Waals surface area contributed by atoms with Gasteiger partial charge in [0.15, 0.2) is 6.61 Å². The Balaban J connectivity index is 1.65. The lowest BCUT2D eigenvalue weighted by molar-refractivity contribution is -0.130. The van der Waals surface area contributed by atoms with E-state index in [-0.39, 0.29) is 12.5 Å². The van der Waals surface area contributed by atoms with Gasteiger partial charge in [-0.1, -0.05) is 18.2 Å². The van der Waals surface area contributed by atoms with Crippen molar-refractivity contribution >= 4 is 5.91 Å². The molecule has 0 aliphatic carbocycles. The average Bonchev–Trinajstić information content (AvgIpc) is 3.25. The minimum absolute atomic E-state index is 0.00684. The Bertz CT molecular complexity index is 719. The van der Waals surface area contributed by atoms with E-state index in [0.29, 0.717) is 31.0 Å². The molecule has 1 amide bonds. The van der Waals surface area contributed by atoms with Gasteiger partial charge in [-0.2, -0.15) is 15.4 Å². The lowest BCUT2D eigenvalue weighted by Crippen LogP contribution is -2.31. The van der Waals surface area contributed by atoms with Gasteiger partial charge in [0, 0.05) is 39.3 Å². The molecular weight excluding hydrogens is 322 g/mol. The van der Waals surface area contributed by atoms with Gasteiger partial charge < -0.3 is 14.7 Å². The average molecular weight is 345 g/mol. The van der Waals surface area contributed by atoms with Crippen molar-refractivity contribution in [2.24, 2.45) is 0 Å². The van der Waals surface area contributed by atoms with Crippen molar-refractivity contribution in [3.05, 3.63) is 41.7 Å². The Morgan fingerprint density at radius 3 is 2.96 bits per heavy atom. The zero-order valence-corrected chi connectivity index (χ0v) is 14.5. The zero-order valence-electron chi connectivity index (χ0n) is 14.5. The molecule has 1 saturated heterocycles. The lowest BCUT2D eigenvalue weighted by atomic mass is 10.00. The number of amides is 1. The van der Waals surface area contributed by atoms with E-state index in [0.717, 1.165) is 12.1 Å². The van der Waals surface area contributed by atoms with Crippen molar-refractivity contribution in [3.8, 4) is 5.75 Å². The Kier molecular flexibility index (Phi) is 5.00. The van der Waals surface area contributed by atoms with Gasteiger partial charge in [-0.25, -0.2) is 0 Å². The topological polar surface area (TPSA) is 94.6 Å². The van der Waals surface area contributed by atoms with Crippen LogP contribution >= 0.6 is 0 Å². The Morgan fingerprint density at radius 1 is 1.44 bits per heavy atom. The number of aromatic nitrogens is 3. The number of carbonyl (C=O) groups excluding carboxylic acids is 1. The van der Waals surface area contributed by atoms with Gasteiger partial charge in [0.2, 0.25) is 0 Å². The van der Waals surface area contributed by atoms with E-state index in [1.54, 1.807) is 20.3 Å². The molecular formula is C17H23N5O3. The Morgan fingerprint density at radius 2 is 2.24 bits per heavy atom. The van der Waals surface area contributed by atoms with E-state index in [9.17, 15) is 9.90 Å². The van der Waals surface area contributed by atoms with Crippen LogP contribution in [0, 0.1) is 0 Å². The molecule has 1 aliphatic rings. The summed E-state index contributed by atoms with van der Waals surface area (Å²) in [5, 5.41) is 21.1. The van der Waals surface area contributed by atoms with Gasteiger partial charge in [0.25, 0.3) is 5.91 Å². The van der Waals surface area contributed by atoms with E-state index in [4.69, 9.17) is 4.74 Å². The number of likely N-dealkylation sites (tertiary alicyclic amines) is 1. The summed E-state index contributed by atoms with van der Waals surface area (Å²) >= 11 is 0. The van der Waals surface area contributed by atoms with E-state index in [2.05, 4.69) is 20.3 Å². The molecule has 3 rings (SSSR count). The molecule has 1 aliphatic heterocycles. The smallest absolute Gasteiger partial charge is 0.259 e. The minimum Gasteiger partial charge on any atom is -0.483 e. The van der Waals surface area contributed by atoms with E-state index in [1.807, 2.05) is 24.3 Å². The molecule has 0 radical (unpaired) electrons. The number of likely N-dealkylation sites (N-methyl/N-ethyl adjacent to an activating group) is 1. The van der Waals surface area contributed by atoms with Crippen LogP contribution in [0.2, 0.25) is 0 Å². The highest BCUT2D eigenvalue weighted by Crippen LogP contribution is 2.32. The number of H-pyrrole nitrogens is 1. The number of benzene rings is 1. The number of ether oxygens (including phenoxy) is 1. The number of aromatic amines is 1.